The molecule has 1 aromatic rings. The molecule has 0 aromatic carbocycles. The highest BCUT2D eigenvalue weighted by Crippen LogP contribution is 2.52. The van der Waals surface area contributed by atoms with Gasteiger partial charge < -0.3 is 4.42 Å². The van der Waals surface area contributed by atoms with Gasteiger partial charge in [-0.25, -0.2) is 0 Å². The predicted molar refractivity (Wildman–Crippen MR) is 34.1 cm³/mol. The van der Waals surface area contributed by atoms with E-state index >= 15 is 0 Å². The lowest BCUT2D eigenvalue weighted by Gasteiger charge is -1.94. The van der Waals surface area contributed by atoms with Crippen molar-refractivity contribution >= 4 is 15.9 Å². The Hall–Kier alpha value is -0.380. The molecular formula is C5H5BrN2O. The molecule has 1 aliphatic rings. The first-order valence-electron chi connectivity index (χ1n) is 2.77. The number of hydrogen-bond donors (Lipinski definition) is 0. The van der Waals surface area contributed by atoms with Crippen molar-refractivity contribution in [3.8, 4) is 0 Å². The molecule has 1 saturated carbocycles. The van der Waals surface area contributed by atoms with E-state index in [-0.39, 0.29) is 4.32 Å². The van der Waals surface area contributed by atoms with Crippen LogP contribution in [0.2, 0.25) is 0 Å². The van der Waals surface area contributed by atoms with Gasteiger partial charge in [-0.3, -0.25) is 0 Å². The van der Waals surface area contributed by atoms with Gasteiger partial charge in [-0.1, -0.05) is 15.9 Å². The molecule has 1 fully saturated rings. The zero-order valence-corrected chi connectivity index (χ0v) is 6.26. The number of halogens is 1. The summed E-state index contributed by atoms with van der Waals surface area (Å²) in [6, 6.07) is 0. The molecule has 0 aliphatic heterocycles. The standard InChI is InChI=1S/C5H5BrN2O/c6-5(1-2-5)4-8-7-3-9-4/h3H,1-2H2. The summed E-state index contributed by atoms with van der Waals surface area (Å²) >= 11 is 3.48. The lowest BCUT2D eigenvalue weighted by molar-refractivity contribution is 0.487. The van der Waals surface area contributed by atoms with Gasteiger partial charge in [0.15, 0.2) is 0 Å². The molecule has 9 heavy (non-hydrogen) atoms. The minimum atomic E-state index is 0.0451. The van der Waals surface area contributed by atoms with Crippen LogP contribution in [0.25, 0.3) is 0 Å². The maximum atomic E-state index is 4.99. The summed E-state index contributed by atoms with van der Waals surface area (Å²) in [5.74, 6) is 0.711. The van der Waals surface area contributed by atoms with Crippen LogP contribution in [-0.4, -0.2) is 10.2 Å². The molecule has 0 bridgehead atoms. The first-order valence-corrected chi connectivity index (χ1v) is 3.56. The van der Waals surface area contributed by atoms with Crippen molar-refractivity contribution < 1.29 is 4.42 Å². The van der Waals surface area contributed by atoms with Gasteiger partial charge in [0.05, 0.1) is 0 Å². The molecule has 4 heteroatoms. The third-order valence-electron chi connectivity index (χ3n) is 1.43. The molecule has 0 N–H and O–H groups in total. The van der Waals surface area contributed by atoms with E-state index in [4.69, 9.17) is 4.42 Å². The van der Waals surface area contributed by atoms with Crippen LogP contribution in [-0.2, 0) is 4.32 Å². The van der Waals surface area contributed by atoms with Crippen molar-refractivity contribution in [1.82, 2.24) is 10.2 Å². The average molecular weight is 189 g/mol. The van der Waals surface area contributed by atoms with Gasteiger partial charge in [0.2, 0.25) is 12.3 Å². The van der Waals surface area contributed by atoms with Gasteiger partial charge in [-0.2, -0.15) is 0 Å². The molecule has 0 unspecified atom stereocenters. The highest BCUT2D eigenvalue weighted by Gasteiger charge is 2.46. The predicted octanol–water partition coefficient (Wildman–Crippen LogP) is 1.45. The second kappa shape index (κ2) is 1.56. The van der Waals surface area contributed by atoms with Gasteiger partial charge in [0, 0.05) is 0 Å². The monoisotopic (exact) mass is 188 g/mol. The zero-order chi connectivity index (χ0) is 6.32. The molecule has 0 amide bonds. The van der Waals surface area contributed by atoms with Crippen LogP contribution in [0.3, 0.4) is 0 Å². The highest BCUT2D eigenvalue weighted by molar-refractivity contribution is 9.09. The SMILES string of the molecule is BrC1(c2nnco2)CC1. The molecule has 0 radical (unpaired) electrons. The number of nitrogens with zero attached hydrogens (tertiary/aromatic N) is 2. The maximum absolute atomic E-state index is 4.99. The Labute approximate surface area is 60.6 Å². The van der Waals surface area contributed by atoms with E-state index in [1.54, 1.807) is 0 Å². The Morgan fingerprint density at radius 3 is 2.89 bits per heavy atom. The van der Waals surface area contributed by atoms with Gasteiger partial charge in [-0.05, 0) is 12.8 Å². The van der Waals surface area contributed by atoms with Crippen LogP contribution in [0.5, 0.6) is 0 Å². The summed E-state index contributed by atoms with van der Waals surface area (Å²) in [7, 11) is 0. The molecule has 0 atom stereocenters. The first-order chi connectivity index (χ1) is 4.31. The minimum absolute atomic E-state index is 0.0451. The van der Waals surface area contributed by atoms with Crippen LogP contribution >= 0.6 is 15.9 Å². The number of hydrogen-bond acceptors (Lipinski definition) is 3. The average Bonchev–Trinajstić information content (AvgIpc) is 2.46. The van der Waals surface area contributed by atoms with Crippen molar-refractivity contribution in [2.24, 2.45) is 0 Å². The fraction of sp³-hybridized carbons (Fsp3) is 0.600. The molecule has 1 aromatic heterocycles. The number of rotatable bonds is 1. The summed E-state index contributed by atoms with van der Waals surface area (Å²) in [5.41, 5.74) is 0. The lowest BCUT2D eigenvalue weighted by atomic mass is 10.4. The topological polar surface area (TPSA) is 38.9 Å². The largest absolute Gasteiger partial charge is 0.426 e. The zero-order valence-electron chi connectivity index (χ0n) is 4.67. The van der Waals surface area contributed by atoms with Crippen molar-refractivity contribution in [3.05, 3.63) is 12.3 Å². The Kier molecular flexibility index (Phi) is 0.939. The summed E-state index contributed by atoms with van der Waals surface area (Å²) in [4.78, 5) is 0. The summed E-state index contributed by atoms with van der Waals surface area (Å²) in [6.45, 7) is 0. The van der Waals surface area contributed by atoms with Crippen LogP contribution in [0.4, 0.5) is 0 Å². The Morgan fingerprint density at radius 2 is 2.44 bits per heavy atom. The third-order valence-corrected chi connectivity index (χ3v) is 2.56. The van der Waals surface area contributed by atoms with E-state index in [1.165, 1.54) is 6.39 Å². The number of alkyl halides is 1. The van der Waals surface area contributed by atoms with Crippen molar-refractivity contribution in [1.29, 1.82) is 0 Å². The van der Waals surface area contributed by atoms with Crippen molar-refractivity contribution in [2.75, 3.05) is 0 Å². The van der Waals surface area contributed by atoms with Crippen LogP contribution < -0.4 is 0 Å². The van der Waals surface area contributed by atoms with E-state index in [1.807, 2.05) is 0 Å². The van der Waals surface area contributed by atoms with Crippen LogP contribution in [0, 0.1) is 0 Å². The normalized spacial score (nSPS) is 21.9. The highest BCUT2D eigenvalue weighted by atomic mass is 79.9. The Balaban J connectivity index is 2.34. The molecule has 3 nitrogen and oxygen atoms in total. The Bertz CT molecular complexity index is 205. The van der Waals surface area contributed by atoms with Crippen LogP contribution in [0.1, 0.15) is 18.7 Å². The van der Waals surface area contributed by atoms with E-state index in [0.29, 0.717) is 5.89 Å². The molecule has 1 heterocycles. The molecule has 2 rings (SSSR count). The maximum Gasteiger partial charge on any atom is 0.232 e. The quantitative estimate of drug-likeness (QED) is 0.627. The van der Waals surface area contributed by atoms with Crippen molar-refractivity contribution in [2.45, 2.75) is 17.2 Å². The van der Waals surface area contributed by atoms with Crippen molar-refractivity contribution in [3.63, 3.8) is 0 Å². The first kappa shape index (κ1) is 5.41. The number of aromatic nitrogens is 2. The van der Waals surface area contributed by atoms with Crippen LogP contribution in [0.15, 0.2) is 10.8 Å². The molecule has 0 saturated heterocycles. The molecular weight excluding hydrogens is 184 g/mol. The van der Waals surface area contributed by atoms with Gasteiger partial charge in [0.1, 0.15) is 4.32 Å². The van der Waals surface area contributed by atoms with Gasteiger partial charge in [0.25, 0.3) is 0 Å². The third kappa shape index (κ3) is 0.775. The summed E-state index contributed by atoms with van der Waals surface area (Å²) < 4.78 is 5.04. The fourth-order valence-electron chi connectivity index (χ4n) is 0.692. The molecule has 0 spiro atoms. The smallest absolute Gasteiger partial charge is 0.232 e. The van der Waals surface area contributed by atoms with Gasteiger partial charge in [-0.15, -0.1) is 10.2 Å². The summed E-state index contributed by atoms with van der Waals surface area (Å²) in [6.07, 6.45) is 3.57. The van der Waals surface area contributed by atoms with E-state index in [0.717, 1.165) is 12.8 Å². The fourth-order valence-corrected chi connectivity index (χ4v) is 1.06. The lowest BCUT2D eigenvalue weighted by Crippen LogP contribution is -1.94. The molecule has 48 valence electrons. The minimum Gasteiger partial charge on any atom is -0.426 e. The second-order valence-electron chi connectivity index (χ2n) is 2.21. The molecule has 1 aliphatic carbocycles. The van der Waals surface area contributed by atoms with E-state index in [9.17, 15) is 0 Å². The van der Waals surface area contributed by atoms with E-state index < -0.39 is 0 Å². The van der Waals surface area contributed by atoms with E-state index in [2.05, 4.69) is 26.1 Å². The Morgan fingerprint density at radius 1 is 1.67 bits per heavy atom. The van der Waals surface area contributed by atoms with Gasteiger partial charge >= 0.3 is 0 Å². The second-order valence-corrected chi connectivity index (χ2v) is 3.73. The summed E-state index contributed by atoms with van der Waals surface area (Å²) in [5, 5.41) is 7.37.